The van der Waals surface area contributed by atoms with Gasteiger partial charge in [-0.05, 0) is 37.5 Å². The first-order chi connectivity index (χ1) is 8.72. The Kier molecular flexibility index (Phi) is 5.08. The zero-order chi connectivity index (χ0) is 13.0. The fraction of sp³-hybridized carbons (Fsp3) is 1.00. The van der Waals surface area contributed by atoms with Crippen LogP contribution in [0.5, 0.6) is 0 Å². The van der Waals surface area contributed by atoms with Crippen LogP contribution in [0.15, 0.2) is 0 Å². The molecule has 3 atom stereocenters. The minimum absolute atomic E-state index is 0.0426. The maximum Gasteiger partial charge on any atom is 0.0636 e. The third-order valence-electron chi connectivity index (χ3n) is 5.69. The molecule has 0 radical (unpaired) electrons. The first-order valence-electron chi connectivity index (χ1n) is 8.10. The van der Waals surface area contributed by atoms with Gasteiger partial charge in [-0.1, -0.05) is 45.4 Å². The van der Waals surface area contributed by atoms with E-state index in [1.165, 1.54) is 51.4 Å². The average Bonchev–Trinajstić information content (AvgIpc) is 2.47. The van der Waals surface area contributed by atoms with E-state index < -0.39 is 0 Å². The monoisotopic (exact) mass is 253 g/mol. The number of rotatable bonds is 4. The van der Waals surface area contributed by atoms with Gasteiger partial charge in [-0.15, -0.1) is 0 Å². The number of nitrogens with two attached hydrogens (primary N) is 1. The summed E-state index contributed by atoms with van der Waals surface area (Å²) in [5.74, 6) is 1.32. The van der Waals surface area contributed by atoms with Crippen LogP contribution in [0.4, 0.5) is 0 Å². The van der Waals surface area contributed by atoms with Crippen molar-refractivity contribution in [1.82, 2.24) is 0 Å². The standard InChI is InChI=1S/C16H31NO/c1-2-13-7-6-10-16(11-13,12-17)15(18)14-8-4-3-5-9-14/h13-15,18H,2-12,17H2,1H3. The van der Waals surface area contributed by atoms with E-state index in [1.54, 1.807) is 0 Å². The van der Waals surface area contributed by atoms with Crippen molar-refractivity contribution in [3.8, 4) is 0 Å². The van der Waals surface area contributed by atoms with Crippen LogP contribution in [-0.2, 0) is 0 Å². The van der Waals surface area contributed by atoms with Gasteiger partial charge >= 0.3 is 0 Å². The smallest absolute Gasteiger partial charge is 0.0636 e. The van der Waals surface area contributed by atoms with E-state index in [4.69, 9.17) is 5.73 Å². The van der Waals surface area contributed by atoms with Crippen molar-refractivity contribution in [3.63, 3.8) is 0 Å². The fourth-order valence-electron chi connectivity index (χ4n) is 4.39. The molecule has 3 N–H and O–H groups in total. The van der Waals surface area contributed by atoms with Crippen LogP contribution in [0.25, 0.3) is 0 Å². The lowest BCUT2D eigenvalue weighted by molar-refractivity contribution is -0.0581. The lowest BCUT2D eigenvalue weighted by Crippen LogP contribution is -2.49. The third kappa shape index (κ3) is 2.91. The van der Waals surface area contributed by atoms with Gasteiger partial charge in [-0.2, -0.15) is 0 Å². The van der Waals surface area contributed by atoms with Crippen LogP contribution in [0.2, 0.25) is 0 Å². The molecule has 0 bridgehead atoms. The summed E-state index contributed by atoms with van der Waals surface area (Å²) in [5, 5.41) is 10.9. The maximum absolute atomic E-state index is 10.9. The average molecular weight is 253 g/mol. The second-order valence-electron chi connectivity index (χ2n) is 6.78. The van der Waals surface area contributed by atoms with E-state index in [0.29, 0.717) is 12.5 Å². The maximum atomic E-state index is 10.9. The Labute approximate surface area is 112 Å². The van der Waals surface area contributed by atoms with Crippen LogP contribution in [0.3, 0.4) is 0 Å². The molecule has 0 saturated heterocycles. The van der Waals surface area contributed by atoms with E-state index in [1.807, 2.05) is 0 Å². The molecule has 2 fully saturated rings. The Hall–Kier alpha value is -0.0800. The van der Waals surface area contributed by atoms with Crippen molar-refractivity contribution in [2.75, 3.05) is 6.54 Å². The van der Waals surface area contributed by atoms with Crippen LogP contribution < -0.4 is 5.73 Å². The molecular formula is C16H31NO. The molecule has 3 unspecified atom stereocenters. The Bertz CT molecular complexity index is 249. The Balaban J connectivity index is 2.04. The molecule has 106 valence electrons. The minimum atomic E-state index is -0.142. The van der Waals surface area contributed by atoms with Gasteiger partial charge in [0.15, 0.2) is 0 Å². The van der Waals surface area contributed by atoms with Gasteiger partial charge < -0.3 is 10.8 Å². The number of hydrogen-bond donors (Lipinski definition) is 2. The summed E-state index contributed by atoms with van der Waals surface area (Å²) in [5.41, 5.74) is 6.15. The molecule has 2 aliphatic carbocycles. The Morgan fingerprint density at radius 2 is 1.89 bits per heavy atom. The van der Waals surface area contributed by atoms with Crippen molar-refractivity contribution < 1.29 is 5.11 Å². The molecule has 2 nitrogen and oxygen atoms in total. The van der Waals surface area contributed by atoms with Crippen LogP contribution in [0, 0.1) is 17.3 Å². The minimum Gasteiger partial charge on any atom is -0.392 e. The van der Waals surface area contributed by atoms with Gasteiger partial charge in [0.05, 0.1) is 6.10 Å². The van der Waals surface area contributed by atoms with Gasteiger partial charge in [0.1, 0.15) is 0 Å². The Morgan fingerprint density at radius 3 is 2.50 bits per heavy atom. The molecule has 0 aromatic carbocycles. The van der Waals surface area contributed by atoms with Crippen molar-refractivity contribution >= 4 is 0 Å². The summed E-state index contributed by atoms with van der Waals surface area (Å²) in [6.45, 7) is 2.96. The lowest BCUT2D eigenvalue weighted by Gasteiger charge is -2.47. The molecule has 0 heterocycles. The molecule has 0 aromatic heterocycles. The van der Waals surface area contributed by atoms with Crippen LogP contribution >= 0.6 is 0 Å². The first kappa shape index (κ1) is 14.3. The highest BCUT2D eigenvalue weighted by atomic mass is 16.3. The van der Waals surface area contributed by atoms with Crippen LogP contribution in [0.1, 0.15) is 71.1 Å². The topological polar surface area (TPSA) is 46.2 Å². The van der Waals surface area contributed by atoms with Gasteiger partial charge in [-0.3, -0.25) is 0 Å². The number of aliphatic hydroxyl groups is 1. The molecule has 2 heteroatoms. The normalized spacial score (nSPS) is 36.5. The lowest BCUT2D eigenvalue weighted by atomic mass is 9.62. The molecule has 2 rings (SSSR count). The second kappa shape index (κ2) is 6.38. The summed E-state index contributed by atoms with van der Waals surface area (Å²) < 4.78 is 0. The molecule has 18 heavy (non-hydrogen) atoms. The highest BCUT2D eigenvalue weighted by Gasteiger charge is 2.43. The van der Waals surface area contributed by atoms with Gasteiger partial charge in [-0.25, -0.2) is 0 Å². The van der Waals surface area contributed by atoms with E-state index in [-0.39, 0.29) is 11.5 Å². The van der Waals surface area contributed by atoms with Crippen LogP contribution in [-0.4, -0.2) is 17.8 Å². The fourth-order valence-corrected chi connectivity index (χ4v) is 4.39. The summed E-state index contributed by atoms with van der Waals surface area (Å²) in [4.78, 5) is 0. The number of aliphatic hydroxyl groups excluding tert-OH is 1. The molecule has 0 spiro atoms. The van der Waals surface area contributed by atoms with Gasteiger partial charge in [0.25, 0.3) is 0 Å². The molecular weight excluding hydrogens is 222 g/mol. The van der Waals surface area contributed by atoms with Crippen molar-refractivity contribution in [1.29, 1.82) is 0 Å². The molecule has 2 saturated carbocycles. The third-order valence-corrected chi connectivity index (χ3v) is 5.69. The van der Waals surface area contributed by atoms with Gasteiger partial charge in [0, 0.05) is 12.0 Å². The summed E-state index contributed by atoms with van der Waals surface area (Å²) >= 11 is 0. The summed E-state index contributed by atoms with van der Waals surface area (Å²) in [6.07, 6.45) is 12.4. The predicted octanol–water partition coefficient (Wildman–Crippen LogP) is 3.47. The second-order valence-corrected chi connectivity index (χ2v) is 6.78. The summed E-state index contributed by atoms with van der Waals surface area (Å²) in [7, 11) is 0. The number of hydrogen-bond acceptors (Lipinski definition) is 2. The molecule has 0 aliphatic heterocycles. The van der Waals surface area contributed by atoms with E-state index in [2.05, 4.69) is 6.92 Å². The van der Waals surface area contributed by atoms with Crippen molar-refractivity contribution in [2.24, 2.45) is 23.0 Å². The summed E-state index contributed by atoms with van der Waals surface area (Å²) in [6, 6.07) is 0. The first-order valence-corrected chi connectivity index (χ1v) is 8.10. The SMILES string of the molecule is CCC1CCCC(CN)(C(O)C2CCCCC2)C1. The molecule has 2 aliphatic rings. The molecule has 0 aromatic rings. The quantitative estimate of drug-likeness (QED) is 0.806. The zero-order valence-electron chi connectivity index (χ0n) is 12.0. The zero-order valence-corrected chi connectivity index (χ0v) is 12.0. The molecule has 0 amide bonds. The van der Waals surface area contributed by atoms with E-state index >= 15 is 0 Å². The van der Waals surface area contributed by atoms with Crippen molar-refractivity contribution in [3.05, 3.63) is 0 Å². The predicted molar refractivity (Wildman–Crippen MR) is 76.3 cm³/mol. The Morgan fingerprint density at radius 1 is 1.17 bits per heavy atom. The van der Waals surface area contributed by atoms with Crippen molar-refractivity contribution in [2.45, 2.75) is 77.2 Å². The highest BCUT2D eigenvalue weighted by Crippen LogP contribution is 2.46. The van der Waals surface area contributed by atoms with E-state index in [0.717, 1.165) is 18.8 Å². The van der Waals surface area contributed by atoms with Gasteiger partial charge in [0.2, 0.25) is 0 Å². The largest absolute Gasteiger partial charge is 0.392 e. The highest BCUT2D eigenvalue weighted by molar-refractivity contribution is 4.95. The van der Waals surface area contributed by atoms with E-state index in [9.17, 15) is 5.11 Å².